The monoisotopic (exact) mass is 323 g/mol. The Morgan fingerprint density at radius 1 is 1.04 bits per heavy atom. The van der Waals surface area contributed by atoms with Crippen LogP contribution >= 0.6 is 0 Å². The number of carbonyl (C=O) groups excluding carboxylic acids is 1. The molecule has 0 unspecified atom stereocenters. The van der Waals surface area contributed by atoms with Crippen LogP contribution in [-0.4, -0.2) is 78.2 Å². The van der Waals surface area contributed by atoms with Crippen LogP contribution in [0, 0.1) is 0 Å². The molecule has 0 spiro atoms. The van der Waals surface area contributed by atoms with E-state index in [9.17, 15) is 4.79 Å². The van der Waals surface area contributed by atoms with Crippen LogP contribution in [0.5, 0.6) is 0 Å². The highest BCUT2D eigenvalue weighted by Gasteiger charge is 2.41. The van der Waals surface area contributed by atoms with Gasteiger partial charge in [-0.25, -0.2) is 4.79 Å². The first-order valence-corrected chi connectivity index (χ1v) is 8.71. The summed E-state index contributed by atoms with van der Waals surface area (Å²) < 4.78 is 5.49. The van der Waals surface area contributed by atoms with Gasteiger partial charge in [0.25, 0.3) is 0 Å². The number of likely N-dealkylation sites (tertiary alicyclic amines) is 1. The molecule has 132 valence electrons. The van der Waals surface area contributed by atoms with Crippen LogP contribution in [0.2, 0.25) is 0 Å². The average molecular weight is 323 g/mol. The molecule has 0 radical (unpaired) electrons. The third-order valence-electron chi connectivity index (χ3n) is 5.15. The van der Waals surface area contributed by atoms with Gasteiger partial charge in [0.1, 0.15) is 5.60 Å². The zero-order valence-electron chi connectivity index (χ0n) is 15.5. The Balaban J connectivity index is 1.97. The fourth-order valence-electron chi connectivity index (χ4n) is 3.64. The molecule has 2 heterocycles. The molecular weight excluding hydrogens is 290 g/mol. The minimum atomic E-state index is -0.429. The van der Waals surface area contributed by atoms with Gasteiger partial charge in [0, 0.05) is 31.7 Å². The lowest BCUT2D eigenvalue weighted by molar-refractivity contribution is -0.00887. The maximum atomic E-state index is 12.2. The second-order valence-corrected chi connectivity index (χ2v) is 8.07. The van der Waals surface area contributed by atoms with E-state index in [1.54, 1.807) is 0 Å². The van der Waals surface area contributed by atoms with E-state index in [-0.39, 0.29) is 11.6 Å². The third kappa shape index (κ3) is 4.27. The molecule has 2 fully saturated rings. The minimum Gasteiger partial charge on any atom is -0.444 e. The Kier molecular flexibility index (Phi) is 5.41. The van der Waals surface area contributed by atoms with Crippen molar-refractivity contribution in [1.82, 2.24) is 14.7 Å². The number of hydrogen-bond donors (Lipinski definition) is 0. The molecule has 2 aliphatic rings. The van der Waals surface area contributed by atoms with E-state index in [2.05, 4.69) is 30.4 Å². The van der Waals surface area contributed by atoms with Gasteiger partial charge in [0.2, 0.25) is 0 Å². The van der Waals surface area contributed by atoms with Gasteiger partial charge < -0.3 is 14.5 Å². The highest BCUT2D eigenvalue weighted by molar-refractivity contribution is 5.68. The number of piperidine rings is 1. The molecule has 2 aliphatic heterocycles. The molecule has 0 aromatic carbocycles. The Bertz CT molecular complexity index is 440. The topological polar surface area (TPSA) is 36.0 Å². The standard InChI is InChI=1S/C18H33N3O2/c1-15(2)18(7-9-19(6)10-8-18)21-13-11-20(12-14-21)16(22)23-17(3,4)5/h1,7-14H2,2-6H3. The lowest BCUT2D eigenvalue weighted by Gasteiger charge is -2.51. The van der Waals surface area contributed by atoms with Crippen molar-refractivity contribution in [3.8, 4) is 0 Å². The van der Waals surface area contributed by atoms with Crippen LogP contribution in [0.25, 0.3) is 0 Å². The number of carbonyl (C=O) groups is 1. The molecule has 0 atom stereocenters. The fraction of sp³-hybridized carbons (Fsp3) is 0.833. The van der Waals surface area contributed by atoms with Crippen LogP contribution in [-0.2, 0) is 4.74 Å². The summed E-state index contributed by atoms with van der Waals surface area (Å²) in [4.78, 5) is 19.0. The number of nitrogens with zero attached hydrogens (tertiary/aromatic N) is 3. The summed E-state index contributed by atoms with van der Waals surface area (Å²) in [6.07, 6.45) is 2.07. The Morgan fingerprint density at radius 3 is 2.00 bits per heavy atom. The molecule has 23 heavy (non-hydrogen) atoms. The van der Waals surface area contributed by atoms with Crippen LogP contribution < -0.4 is 0 Å². The van der Waals surface area contributed by atoms with Crippen molar-refractivity contribution in [1.29, 1.82) is 0 Å². The van der Waals surface area contributed by atoms with Gasteiger partial charge in [0.15, 0.2) is 0 Å². The normalized spacial score (nSPS) is 23.6. The summed E-state index contributed by atoms with van der Waals surface area (Å²) in [5.41, 5.74) is 0.935. The summed E-state index contributed by atoms with van der Waals surface area (Å²) in [5, 5.41) is 0. The van der Waals surface area contributed by atoms with E-state index < -0.39 is 5.60 Å². The van der Waals surface area contributed by atoms with Gasteiger partial charge in [-0.2, -0.15) is 0 Å². The first kappa shape index (κ1) is 18.3. The van der Waals surface area contributed by atoms with Crippen LogP contribution in [0.1, 0.15) is 40.5 Å². The zero-order valence-corrected chi connectivity index (χ0v) is 15.5. The lowest BCUT2D eigenvalue weighted by Crippen LogP contribution is -2.61. The van der Waals surface area contributed by atoms with Crippen molar-refractivity contribution >= 4 is 6.09 Å². The molecule has 5 heteroatoms. The Morgan fingerprint density at radius 2 is 1.57 bits per heavy atom. The molecule has 1 amide bonds. The van der Waals surface area contributed by atoms with Crippen LogP contribution in [0.3, 0.4) is 0 Å². The second kappa shape index (κ2) is 6.81. The second-order valence-electron chi connectivity index (χ2n) is 8.07. The van der Waals surface area contributed by atoms with Gasteiger partial charge >= 0.3 is 6.09 Å². The van der Waals surface area contributed by atoms with Gasteiger partial charge in [-0.1, -0.05) is 12.2 Å². The molecule has 0 saturated carbocycles. The van der Waals surface area contributed by atoms with Crippen LogP contribution in [0.4, 0.5) is 4.79 Å². The molecule has 0 aromatic rings. The number of ether oxygens (including phenoxy) is 1. The van der Waals surface area contributed by atoms with Crippen LogP contribution in [0.15, 0.2) is 12.2 Å². The number of hydrogen-bond acceptors (Lipinski definition) is 4. The SMILES string of the molecule is C=C(C)C1(N2CCN(C(=O)OC(C)(C)C)CC2)CCN(C)CC1. The third-order valence-corrected chi connectivity index (χ3v) is 5.15. The number of piperazine rings is 1. The van der Waals surface area contributed by atoms with E-state index in [0.717, 1.165) is 52.1 Å². The largest absolute Gasteiger partial charge is 0.444 e. The summed E-state index contributed by atoms with van der Waals surface area (Å²) in [6.45, 7) is 17.7. The van der Waals surface area contributed by atoms with Gasteiger partial charge in [-0.05, 0) is 60.7 Å². The number of rotatable bonds is 2. The molecule has 2 saturated heterocycles. The van der Waals surface area contributed by atoms with Gasteiger partial charge in [0.05, 0.1) is 0 Å². The maximum absolute atomic E-state index is 12.2. The quantitative estimate of drug-likeness (QED) is 0.732. The zero-order chi connectivity index (χ0) is 17.3. The van der Waals surface area contributed by atoms with Crippen molar-refractivity contribution in [3.63, 3.8) is 0 Å². The predicted molar refractivity (Wildman–Crippen MR) is 93.7 cm³/mol. The molecule has 0 bridgehead atoms. The summed E-state index contributed by atoms with van der Waals surface area (Å²) in [5.74, 6) is 0. The summed E-state index contributed by atoms with van der Waals surface area (Å²) >= 11 is 0. The van der Waals surface area contributed by atoms with E-state index in [4.69, 9.17) is 4.74 Å². The molecule has 0 aliphatic carbocycles. The van der Waals surface area contributed by atoms with Crippen molar-refractivity contribution in [2.45, 2.75) is 51.7 Å². The van der Waals surface area contributed by atoms with Gasteiger partial charge in [-0.3, -0.25) is 4.90 Å². The molecule has 5 nitrogen and oxygen atoms in total. The molecule has 0 aromatic heterocycles. The molecule has 2 rings (SSSR count). The van der Waals surface area contributed by atoms with Crippen molar-refractivity contribution in [3.05, 3.63) is 12.2 Å². The molecule has 0 N–H and O–H groups in total. The van der Waals surface area contributed by atoms with Crippen molar-refractivity contribution in [2.75, 3.05) is 46.3 Å². The predicted octanol–water partition coefficient (Wildman–Crippen LogP) is 2.58. The first-order chi connectivity index (χ1) is 10.6. The van der Waals surface area contributed by atoms with Crippen molar-refractivity contribution < 1.29 is 9.53 Å². The Labute approximate surface area is 141 Å². The van der Waals surface area contributed by atoms with Crippen molar-refractivity contribution in [2.24, 2.45) is 0 Å². The Hall–Kier alpha value is -1.07. The average Bonchev–Trinajstić information content (AvgIpc) is 2.46. The van der Waals surface area contributed by atoms with E-state index in [1.165, 1.54) is 5.57 Å². The first-order valence-electron chi connectivity index (χ1n) is 8.71. The molecular formula is C18H33N3O2. The van der Waals surface area contributed by atoms with E-state index >= 15 is 0 Å². The fourth-order valence-corrected chi connectivity index (χ4v) is 3.64. The number of amides is 1. The summed E-state index contributed by atoms with van der Waals surface area (Å²) in [6, 6.07) is 0. The lowest BCUT2D eigenvalue weighted by atomic mass is 9.80. The van der Waals surface area contributed by atoms with E-state index in [0.29, 0.717) is 0 Å². The summed E-state index contributed by atoms with van der Waals surface area (Å²) in [7, 11) is 2.18. The maximum Gasteiger partial charge on any atom is 0.410 e. The van der Waals surface area contributed by atoms with Gasteiger partial charge in [-0.15, -0.1) is 0 Å². The highest BCUT2D eigenvalue weighted by atomic mass is 16.6. The smallest absolute Gasteiger partial charge is 0.410 e. The highest BCUT2D eigenvalue weighted by Crippen LogP contribution is 2.35. The van der Waals surface area contributed by atoms with E-state index in [1.807, 2.05) is 25.7 Å². The minimum absolute atomic E-state index is 0.104.